The molecule has 0 bridgehead atoms. The Hall–Kier alpha value is -1.68. The van der Waals surface area contributed by atoms with Gasteiger partial charge in [-0.2, -0.15) is 4.31 Å². The largest absolute Gasteiger partial charge is 0.495 e. The lowest BCUT2D eigenvalue weighted by Gasteiger charge is -2.27. The van der Waals surface area contributed by atoms with Gasteiger partial charge in [-0.3, -0.25) is 9.69 Å². The van der Waals surface area contributed by atoms with Crippen LogP contribution in [-0.4, -0.2) is 76.6 Å². The predicted octanol–water partition coefficient (Wildman–Crippen LogP) is 1.14. The van der Waals surface area contributed by atoms with E-state index in [1.54, 1.807) is 6.07 Å². The minimum Gasteiger partial charge on any atom is -0.495 e. The van der Waals surface area contributed by atoms with Gasteiger partial charge in [0.15, 0.2) is 0 Å². The molecule has 2 saturated heterocycles. The molecule has 2 aliphatic heterocycles. The second-order valence-electron chi connectivity index (χ2n) is 6.76. The molecule has 150 valence electrons. The van der Waals surface area contributed by atoms with Crippen molar-refractivity contribution < 1.29 is 22.7 Å². The average Bonchev–Trinajstić information content (AvgIpc) is 2.69. The van der Waals surface area contributed by atoms with Crippen LogP contribution in [0, 0.1) is 0 Å². The van der Waals surface area contributed by atoms with Gasteiger partial charge in [0.1, 0.15) is 5.75 Å². The first-order chi connectivity index (χ1) is 13.0. The van der Waals surface area contributed by atoms with Crippen molar-refractivity contribution in [3.63, 3.8) is 0 Å². The fourth-order valence-electron chi connectivity index (χ4n) is 3.35. The number of hydrogen-bond donors (Lipinski definition) is 1. The predicted molar refractivity (Wildman–Crippen MR) is 101 cm³/mol. The highest BCUT2D eigenvalue weighted by Crippen LogP contribution is 2.30. The van der Waals surface area contributed by atoms with Crippen molar-refractivity contribution in [3.05, 3.63) is 18.2 Å². The van der Waals surface area contributed by atoms with Gasteiger partial charge in [0.25, 0.3) is 0 Å². The van der Waals surface area contributed by atoms with Gasteiger partial charge in [-0.05, 0) is 31.0 Å². The summed E-state index contributed by atoms with van der Waals surface area (Å²) in [6, 6.07) is 4.60. The Morgan fingerprint density at radius 2 is 1.85 bits per heavy atom. The summed E-state index contributed by atoms with van der Waals surface area (Å²) < 4.78 is 37.9. The molecule has 0 unspecified atom stereocenters. The van der Waals surface area contributed by atoms with Crippen molar-refractivity contribution in [2.24, 2.45) is 0 Å². The van der Waals surface area contributed by atoms with Gasteiger partial charge in [0.05, 0.1) is 37.5 Å². The molecule has 0 saturated carbocycles. The minimum absolute atomic E-state index is 0.173. The summed E-state index contributed by atoms with van der Waals surface area (Å²) in [7, 11) is -2.08. The molecule has 0 atom stereocenters. The Morgan fingerprint density at radius 1 is 1.15 bits per heavy atom. The van der Waals surface area contributed by atoms with Crippen molar-refractivity contribution in [3.8, 4) is 5.75 Å². The van der Waals surface area contributed by atoms with Gasteiger partial charge in [-0.1, -0.05) is 6.42 Å². The van der Waals surface area contributed by atoms with Crippen molar-refractivity contribution >= 4 is 21.6 Å². The van der Waals surface area contributed by atoms with E-state index in [0.717, 1.165) is 19.3 Å². The molecule has 3 rings (SSSR count). The van der Waals surface area contributed by atoms with Crippen molar-refractivity contribution in [1.82, 2.24) is 9.21 Å². The number of nitrogens with one attached hydrogen (secondary N) is 1. The van der Waals surface area contributed by atoms with Crippen LogP contribution in [0.2, 0.25) is 0 Å². The van der Waals surface area contributed by atoms with E-state index in [2.05, 4.69) is 5.32 Å². The Morgan fingerprint density at radius 3 is 2.52 bits per heavy atom. The molecule has 2 aliphatic rings. The highest BCUT2D eigenvalue weighted by molar-refractivity contribution is 7.89. The number of rotatable bonds is 6. The number of carbonyl (C=O) groups excluding carboxylic acids is 1. The maximum absolute atomic E-state index is 12.9. The summed E-state index contributed by atoms with van der Waals surface area (Å²) in [4.78, 5) is 14.6. The molecular formula is C18H27N3O5S. The first-order valence-electron chi connectivity index (χ1n) is 9.29. The van der Waals surface area contributed by atoms with Crippen LogP contribution in [0.5, 0.6) is 5.75 Å². The number of nitrogens with zero attached hydrogens (tertiary/aromatic N) is 2. The summed E-state index contributed by atoms with van der Waals surface area (Å²) in [5.74, 6) is 0.227. The lowest BCUT2D eigenvalue weighted by atomic mass is 10.2. The summed E-state index contributed by atoms with van der Waals surface area (Å²) in [5.41, 5.74) is 0.369. The number of benzene rings is 1. The van der Waals surface area contributed by atoms with Crippen LogP contribution < -0.4 is 10.1 Å². The molecule has 27 heavy (non-hydrogen) atoms. The Kier molecular flexibility index (Phi) is 6.69. The van der Waals surface area contributed by atoms with Crippen LogP contribution >= 0.6 is 0 Å². The summed E-state index contributed by atoms with van der Waals surface area (Å²) >= 11 is 0. The smallest absolute Gasteiger partial charge is 0.243 e. The normalized spacial score (nSPS) is 19.6. The molecule has 1 N–H and O–H groups in total. The van der Waals surface area contributed by atoms with E-state index in [1.807, 2.05) is 4.90 Å². The Bertz CT molecular complexity index is 756. The zero-order valence-electron chi connectivity index (χ0n) is 15.6. The zero-order valence-corrected chi connectivity index (χ0v) is 16.5. The second kappa shape index (κ2) is 9.01. The number of carbonyl (C=O) groups is 1. The van der Waals surface area contributed by atoms with Crippen LogP contribution in [0.1, 0.15) is 19.3 Å². The van der Waals surface area contributed by atoms with Gasteiger partial charge in [-0.25, -0.2) is 8.42 Å². The molecule has 0 radical (unpaired) electrons. The molecule has 2 heterocycles. The van der Waals surface area contributed by atoms with Gasteiger partial charge in [-0.15, -0.1) is 0 Å². The van der Waals surface area contributed by atoms with Gasteiger partial charge < -0.3 is 14.8 Å². The quantitative estimate of drug-likeness (QED) is 0.775. The highest BCUT2D eigenvalue weighted by atomic mass is 32.2. The fraction of sp³-hybridized carbons (Fsp3) is 0.611. The maximum atomic E-state index is 12.9. The van der Waals surface area contributed by atoms with Crippen molar-refractivity contribution in [2.45, 2.75) is 24.2 Å². The van der Waals surface area contributed by atoms with Gasteiger partial charge in [0.2, 0.25) is 15.9 Å². The SMILES string of the molecule is COc1ccc(S(=O)(=O)N2CCCCC2)cc1NC(=O)CN1CCOCC1. The lowest BCUT2D eigenvalue weighted by Crippen LogP contribution is -2.41. The minimum atomic E-state index is -3.57. The van der Waals surface area contributed by atoms with Crippen molar-refractivity contribution in [1.29, 1.82) is 0 Å². The zero-order chi connectivity index (χ0) is 19.3. The highest BCUT2D eigenvalue weighted by Gasteiger charge is 2.27. The molecule has 0 aromatic heterocycles. The molecule has 9 heteroatoms. The molecule has 2 fully saturated rings. The van der Waals surface area contributed by atoms with Crippen molar-refractivity contribution in [2.75, 3.05) is 58.4 Å². The maximum Gasteiger partial charge on any atom is 0.243 e. The van der Waals surface area contributed by atoms with Crippen LogP contribution in [0.15, 0.2) is 23.1 Å². The third kappa shape index (κ3) is 4.98. The number of sulfonamides is 1. The van der Waals surface area contributed by atoms with E-state index in [9.17, 15) is 13.2 Å². The topological polar surface area (TPSA) is 88.2 Å². The van der Waals surface area contributed by atoms with E-state index >= 15 is 0 Å². The van der Waals surface area contributed by atoms with Crippen LogP contribution in [0.3, 0.4) is 0 Å². The molecule has 0 spiro atoms. The number of morpholine rings is 1. The third-order valence-corrected chi connectivity index (χ3v) is 6.76. The molecule has 1 amide bonds. The van der Waals surface area contributed by atoms with E-state index in [0.29, 0.717) is 50.8 Å². The number of amides is 1. The van der Waals surface area contributed by atoms with E-state index in [-0.39, 0.29) is 17.3 Å². The third-order valence-electron chi connectivity index (χ3n) is 4.87. The van der Waals surface area contributed by atoms with Crippen LogP contribution in [0.25, 0.3) is 0 Å². The number of hydrogen-bond acceptors (Lipinski definition) is 6. The lowest BCUT2D eigenvalue weighted by molar-refractivity contribution is -0.118. The van der Waals surface area contributed by atoms with E-state index in [1.165, 1.54) is 23.5 Å². The molecule has 1 aromatic carbocycles. The number of methoxy groups -OCH3 is 1. The van der Waals surface area contributed by atoms with Crippen LogP contribution in [-0.2, 0) is 19.6 Å². The molecule has 8 nitrogen and oxygen atoms in total. The summed E-state index contributed by atoms with van der Waals surface area (Å²) in [5, 5.41) is 2.79. The number of ether oxygens (including phenoxy) is 2. The Balaban J connectivity index is 1.75. The monoisotopic (exact) mass is 397 g/mol. The van der Waals surface area contributed by atoms with Crippen LogP contribution in [0.4, 0.5) is 5.69 Å². The number of anilines is 1. The average molecular weight is 397 g/mol. The van der Waals surface area contributed by atoms with E-state index in [4.69, 9.17) is 9.47 Å². The molecule has 1 aromatic rings. The van der Waals surface area contributed by atoms with Gasteiger partial charge in [0, 0.05) is 26.2 Å². The standard InChI is InChI=1S/C18H27N3O5S/c1-25-17-6-5-15(27(23,24)21-7-3-2-4-8-21)13-16(17)19-18(22)14-20-9-11-26-12-10-20/h5-6,13H,2-4,7-12,14H2,1H3,(H,19,22). The first kappa shape index (κ1) is 20.1. The Labute approximate surface area is 160 Å². The summed E-state index contributed by atoms with van der Waals surface area (Å²) in [6.45, 7) is 3.93. The number of piperidine rings is 1. The van der Waals surface area contributed by atoms with Gasteiger partial charge >= 0.3 is 0 Å². The first-order valence-corrected chi connectivity index (χ1v) is 10.7. The second-order valence-corrected chi connectivity index (χ2v) is 8.70. The fourth-order valence-corrected chi connectivity index (χ4v) is 4.90. The van der Waals surface area contributed by atoms with E-state index < -0.39 is 10.0 Å². The molecule has 0 aliphatic carbocycles. The molecular weight excluding hydrogens is 370 g/mol. The summed E-state index contributed by atoms with van der Waals surface area (Å²) in [6.07, 6.45) is 2.80.